The van der Waals surface area contributed by atoms with E-state index >= 15 is 0 Å². The lowest BCUT2D eigenvalue weighted by molar-refractivity contribution is -0.118. The van der Waals surface area contributed by atoms with E-state index in [-0.39, 0.29) is 12.5 Å². The molecule has 0 atom stereocenters. The van der Waals surface area contributed by atoms with Crippen molar-refractivity contribution in [3.63, 3.8) is 0 Å². The number of ether oxygens (including phenoxy) is 1. The largest absolute Gasteiger partial charge is 0.482 e. The van der Waals surface area contributed by atoms with E-state index in [9.17, 15) is 4.79 Å². The van der Waals surface area contributed by atoms with Crippen LogP contribution in [0.5, 0.6) is 5.75 Å². The normalized spacial score (nSPS) is 17.1. The number of anilines is 1. The molecule has 0 saturated carbocycles. The molecule has 0 bridgehead atoms. The Morgan fingerprint density at radius 1 is 1.44 bits per heavy atom. The minimum Gasteiger partial charge on any atom is -0.482 e. The van der Waals surface area contributed by atoms with Crippen LogP contribution >= 0.6 is 0 Å². The molecule has 1 aromatic carbocycles. The van der Waals surface area contributed by atoms with Gasteiger partial charge in [0, 0.05) is 13.1 Å². The van der Waals surface area contributed by atoms with Crippen LogP contribution in [-0.4, -0.2) is 31.6 Å². The third-order valence-corrected chi connectivity index (χ3v) is 2.81. The molecule has 3 rings (SSSR count). The number of hydrogen-bond acceptors (Lipinski definition) is 5. The van der Waals surface area contributed by atoms with Gasteiger partial charge in [-0.2, -0.15) is 0 Å². The number of nitrogens with one attached hydrogen (secondary N) is 3. The lowest BCUT2D eigenvalue weighted by Gasteiger charge is -2.18. The Bertz CT molecular complexity index is 513. The zero-order valence-electron chi connectivity index (χ0n) is 9.82. The van der Waals surface area contributed by atoms with Gasteiger partial charge in [0.25, 0.3) is 5.91 Å². The minimum atomic E-state index is -0.116. The average Bonchev–Trinajstić information content (AvgIpc) is 2.89. The van der Waals surface area contributed by atoms with Crippen LogP contribution in [0.4, 0.5) is 5.69 Å². The van der Waals surface area contributed by atoms with Crippen LogP contribution in [0.15, 0.2) is 23.2 Å². The molecule has 6 nitrogen and oxygen atoms in total. The standard InChI is InChI=1S/C12H14N4O2/c17-11-7-18-10-2-1-8(5-9(10)16-11)6-15-12-13-3-4-14-12/h1-2,5H,3-4,6-7H2,(H,16,17)(H2,13,14,15). The molecule has 0 spiro atoms. The van der Waals surface area contributed by atoms with E-state index in [0.29, 0.717) is 6.54 Å². The number of aliphatic imine (C=N–C) groups is 1. The Morgan fingerprint density at radius 3 is 3.22 bits per heavy atom. The fourth-order valence-corrected chi connectivity index (χ4v) is 1.94. The SMILES string of the molecule is O=C1COc2ccc(CNC3=NCCN3)cc2N1. The average molecular weight is 246 g/mol. The van der Waals surface area contributed by atoms with Gasteiger partial charge in [0.1, 0.15) is 5.75 Å². The number of carbonyl (C=O) groups excluding carboxylic acids is 1. The zero-order chi connectivity index (χ0) is 12.4. The first-order chi connectivity index (χ1) is 8.81. The van der Waals surface area contributed by atoms with Gasteiger partial charge in [-0.25, -0.2) is 0 Å². The zero-order valence-corrected chi connectivity index (χ0v) is 9.82. The molecule has 0 saturated heterocycles. The number of guanidine groups is 1. The lowest BCUT2D eigenvalue weighted by Crippen LogP contribution is -2.33. The third kappa shape index (κ3) is 2.22. The van der Waals surface area contributed by atoms with Crippen LogP contribution in [0, 0.1) is 0 Å². The molecule has 2 aliphatic rings. The number of carbonyl (C=O) groups is 1. The number of amides is 1. The van der Waals surface area contributed by atoms with Gasteiger partial charge in [-0.3, -0.25) is 9.79 Å². The van der Waals surface area contributed by atoms with Gasteiger partial charge in [0.15, 0.2) is 12.6 Å². The number of nitrogens with zero attached hydrogens (tertiary/aromatic N) is 1. The molecule has 0 fully saturated rings. The van der Waals surface area contributed by atoms with Gasteiger partial charge >= 0.3 is 0 Å². The van der Waals surface area contributed by atoms with E-state index < -0.39 is 0 Å². The summed E-state index contributed by atoms with van der Waals surface area (Å²) in [6, 6.07) is 5.75. The van der Waals surface area contributed by atoms with E-state index in [1.54, 1.807) is 0 Å². The number of fused-ring (bicyclic) bond motifs is 1. The monoisotopic (exact) mass is 246 g/mol. The van der Waals surface area contributed by atoms with Crippen molar-refractivity contribution in [2.75, 3.05) is 25.0 Å². The second-order valence-corrected chi connectivity index (χ2v) is 4.18. The highest BCUT2D eigenvalue weighted by Crippen LogP contribution is 2.28. The second kappa shape index (κ2) is 4.56. The van der Waals surface area contributed by atoms with Crippen molar-refractivity contribution in [1.82, 2.24) is 10.6 Å². The van der Waals surface area contributed by atoms with Crippen molar-refractivity contribution in [3.05, 3.63) is 23.8 Å². The van der Waals surface area contributed by atoms with Gasteiger partial charge in [0.2, 0.25) is 0 Å². The Hall–Kier alpha value is -2.24. The van der Waals surface area contributed by atoms with Crippen LogP contribution < -0.4 is 20.7 Å². The van der Waals surface area contributed by atoms with Crippen LogP contribution in [-0.2, 0) is 11.3 Å². The van der Waals surface area contributed by atoms with E-state index in [2.05, 4.69) is 20.9 Å². The van der Waals surface area contributed by atoms with Gasteiger partial charge < -0.3 is 20.7 Å². The molecular weight excluding hydrogens is 232 g/mol. The quantitative estimate of drug-likeness (QED) is 0.690. The summed E-state index contributed by atoms with van der Waals surface area (Å²) in [5, 5.41) is 9.13. The predicted octanol–water partition coefficient (Wildman–Crippen LogP) is 0.0663. The van der Waals surface area contributed by atoms with Crippen LogP contribution in [0.1, 0.15) is 5.56 Å². The highest BCUT2D eigenvalue weighted by atomic mass is 16.5. The Balaban J connectivity index is 1.69. The maximum atomic E-state index is 11.2. The Labute approximate surface area is 104 Å². The van der Waals surface area contributed by atoms with Crippen LogP contribution in [0.3, 0.4) is 0 Å². The molecule has 0 radical (unpaired) electrons. The maximum absolute atomic E-state index is 11.2. The van der Waals surface area contributed by atoms with Crippen molar-refractivity contribution in [2.45, 2.75) is 6.54 Å². The van der Waals surface area contributed by atoms with Crippen molar-refractivity contribution >= 4 is 17.6 Å². The molecule has 94 valence electrons. The van der Waals surface area contributed by atoms with Gasteiger partial charge in [-0.1, -0.05) is 6.07 Å². The molecule has 1 amide bonds. The topological polar surface area (TPSA) is 74.8 Å². The molecule has 3 N–H and O–H groups in total. The first-order valence-corrected chi connectivity index (χ1v) is 5.89. The molecule has 2 heterocycles. The summed E-state index contributed by atoms with van der Waals surface area (Å²) in [6.45, 7) is 2.45. The number of benzene rings is 1. The van der Waals surface area contributed by atoms with Crippen LogP contribution in [0.25, 0.3) is 0 Å². The summed E-state index contributed by atoms with van der Waals surface area (Å²) in [4.78, 5) is 15.5. The molecule has 0 aliphatic carbocycles. The van der Waals surface area contributed by atoms with E-state index in [1.807, 2.05) is 18.2 Å². The van der Waals surface area contributed by atoms with Crippen LogP contribution in [0.2, 0.25) is 0 Å². The minimum absolute atomic E-state index is 0.0886. The highest BCUT2D eigenvalue weighted by Gasteiger charge is 2.15. The molecule has 6 heteroatoms. The first-order valence-electron chi connectivity index (χ1n) is 5.89. The molecular formula is C12H14N4O2. The van der Waals surface area contributed by atoms with E-state index in [1.165, 1.54) is 0 Å². The fourth-order valence-electron chi connectivity index (χ4n) is 1.94. The molecule has 1 aromatic rings. The Kier molecular flexibility index (Phi) is 2.76. The molecule has 0 unspecified atom stereocenters. The first kappa shape index (κ1) is 10.9. The smallest absolute Gasteiger partial charge is 0.262 e. The summed E-state index contributed by atoms with van der Waals surface area (Å²) >= 11 is 0. The maximum Gasteiger partial charge on any atom is 0.262 e. The summed E-state index contributed by atoms with van der Waals surface area (Å²) in [7, 11) is 0. The lowest BCUT2D eigenvalue weighted by atomic mass is 10.1. The summed E-state index contributed by atoms with van der Waals surface area (Å²) in [5.41, 5.74) is 1.79. The number of rotatable bonds is 2. The Morgan fingerprint density at radius 2 is 2.39 bits per heavy atom. The van der Waals surface area contributed by atoms with Crippen molar-refractivity contribution in [3.8, 4) is 5.75 Å². The second-order valence-electron chi connectivity index (χ2n) is 4.18. The van der Waals surface area contributed by atoms with E-state index in [4.69, 9.17) is 4.74 Å². The summed E-state index contributed by atoms with van der Waals surface area (Å²) < 4.78 is 5.30. The highest BCUT2D eigenvalue weighted by molar-refractivity contribution is 5.95. The van der Waals surface area contributed by atoms with E-state index in [0.717, 1.165) is 36.0 Å². The van der Waals surface area contributed by atoms with Gasteiger partial charge in [-0.05, 0) is 17.7 Å². The molecule has 0 aromatic heterocycles. The van der Waals surface area contributed by atoms with Gasteiger partial charge in [-0.15, -0.1) is 0 Å². The third-order valence-electron chi connectivity index (χ3n) is 2.81. The fraction of sp³-hybridized carbons (Fsp3) is 0.333. The van der Waals surface area contributed by atoms with Crippen molar-refractivity contribution < 1.29 is 9.53 Å². The molecule has 2 aliphatic heterocycles. The summed E-state index contributed by atoms with van der Waals surface area (Å²) in [6.07, 6.45) is 0. The molecule has 18 heavy (non-hydrogen) atoms. The van der Waals surface area contributed by atoms with Gasteiger partial charge in [0.05, 0.1) is 12.2 Å². The number of hydrogen-bond donors (Lipinski definition) is 3. The van der Waals surface area contributed by atoms with Crippen molar-refractivity contribution in [2.24, 2.45) is 4.99 Å². The predicted molar refractivity (Wildman–Crippen MR) is 67.7 cm³/mol. The van der Waals surface area contributed by atoms with Crippen molar-refractivity contribution in [1.29, 1.82) is 0 Å². The summed E-state index contributed by atoms with van der Waals surface area (Å²) in [5.74, 6) is 1.43.